The van der Waals surface area contributed by atoms with Crippen LogP contribution in [0.25, 0.3) is 10.2 Å². The molecule has 0 aliphatic rings. The number of thiazole rings is 1. The summed E-state index contributed by atoms with van der Waals surface area (Å²) in [6, 6.07) is 5.71. The number of carboxylic acid groups (broad SMARTS) is 1. The Hall–Kier alpha value is -3.21. The van der Waals surface area contributed by atoms with Crippen LogP contribution >= 0.6 is 11.3 Å². The van der Waals surface area contributed by atoms with E-state index in [0.29, 0.717) is 34.7 Å². The van der Waals surface area contributed by atoms with E-state index in [2.05, 4.69) is 4.99 Å². The van der Waals surface area contributed by atoms with Crippen molar-refractivity contribution in [2.24, 2.45) is 4.99 Å². The lowest BCUT2D eigenvalue weighted by Crippen LogP contribution is -2.27. The molecular weight excluding hydrogens is 452 g/mol. The van der Waals surface area contributed by atoms with Crippen LogP contribution in [0.15, 0.2) is 41.4 Å². The van der Waals surface area contributed by atoms with Crippen molar-refractivity contribution >= 4 is 33.4 Å². The Bertz CT molecular complexity index is 1250. The SMILES string of the molecule is CCOc1ccc2c(c1)sc(=NC(=O)c1ccc(F)c(C(F)(F)F)c1)n2C(CC)C(=O)O. The van der Waals surface area contributed by atoms with Crippen molar-refractivity contribution in [1.29, 1.82) is 0 Å². The molecule has 1 atom stereocenters. The van der Waals surface area contributed by atoms with E-state index in [9.17, 15) is 32.3 Å². The molecule has 1 N–H and O–H groups in total. The summed E-state index contributed by atoms with van der Waals surface area (Å²) >= 11 is 0.997. The molecule has 0 aliphatic carbocycles. The molecule has 1 aromatic heterocycles. The van der Waals surface area contributed by atoms with E-state index in [1.807, 2.05) is 0 Å². The second-order valence-corrected chi connectivity index (χ2v) is 7.70. The number of amides is 1. The molecule has 0 fully saturated rings. The maximum atomic E-state index is 13.6. The summed E-state index contributed by atoms with van der Waals surface area (Å²) in [5, 5.41) is 9.64. The predicted octanol–water partition coefficient (Wildman–Crippen LogP) is 5.04. The van der Waals surface area contributed by atoms with Gasteiger partial charge in [-0.1, -0.05) is 18.3 Å². The van der Waals surface area contributed by atoms with Gasteiger partial charge in [0.2, 0.25) is 0 Å². The van der Waals surface area contributed by atoms with E-state index in [4.69, 9.17) is 4.74 Å². The normalized spacial score (nSPS) is 13.4. The zero-order valence-electron chi connectivity index (χ0n) is 16.9. The Morgan fingerprint density at radius 3 is 2.50 bits per heavy atom. The van der Waals surface area contributed by atoms with Crippen molar-refractivity contribution in [3.8, 4) is 5.75 Å². The topological polar surface area (TPSA) is 80.9 Å². The summed E-state index contributed by atoms with van der Waals surface area (Å²) in [7, 11) is 0. The summed E-state index contributed by atoms with van der Waals surface area (Å²) in [5.74, 6) is -3.19. The van der Waals surface area contributed by atoms with E-state index in [0.717, 1.165) is 17.4 Å². The number of carbonyl (C=O) groups excluding carboxylic acids is 1. The van der Waals surface area contributed by atoms with Crippen LogP contribution < -0.4 is 9.54 Å². The van der Waals surface area contributed by atoms with Crippen molar-refractivity contribution in [2.45, 2.75) is 32.5 Å². The summed E-state index contributed by atoms with van der Waals surface area (Å²) in [5.41, 5.74) is -1.57. The van der Waals surface area contributed by atoms with Gasteiger partial charge in [-0.25, -0.2) is 9.18 Å². The molecule has 3 aromatic rings. The van der Waals surface area contributed by atoms with Gasteiger partial charge in [0, 0.05) is 5.56 Å². The molecule has 0 aliphatic heterocycles. The number of hydrogen-bond donors (Lipinski definition) is 1. The van der Waals surface area contributed by atoms with Crippen molar-refractivity contribution in [2.75, 3.05) is 6.61 Å². The summed E-state index contributed by atoms with van der Waals surface area (Å²) in [4.78, 5) is 28.3. The van der Waals surface area contributed by atoms with Gasteiger partial charge in [-0.3, -0.25) is 4.79 Å². The molecule has 11 heteroatoms. The van der Waals surface area contributed by atoms with Crippen LogP contribution in [-0.4, -0.2) is 28.2 Å². The van der Waals surface area contributed by atoms with Gasteiger partial charge in [-0.05, 0) is 49.7 Å². The number of ether oxygens (including phenoxy) is 1. The number of hydrogen-bond acceptors (Lipinski definition) is 4. The number of nitrogens with zero attached hydrogens (tertiary/aromatic N) is 2. The Balaban J connectivity index is 2.20. The summed E-state index contributed by atoms with van der Waals surface area (Å²) in [6.45, 7) is 3.85. The quantitative estimate of drug-likeness (QED) is 0.512. The molecule has 3 rings (SSSR count). The molecule has 1 unspecified atom stereocenters. The average molecular weight is 470 g/mol. The highest BCUT2D eigenvalue weighted by Gasteiger charge is 2.34. The highest BCUT2D eigenvalue weighted by Crippen LogP contribution is 2.32. The van der Waals surface area contributed by atoms with Crippen molar-refractivity contribution in [1.82, 2.24) is 4.57 Å². The standard InChI is InChI=1S/C21H18F4N2O4S/c1-3-15(19(29)30)27-16-8-6-12(31-4-2)10-17(16)32-20(27)26-18(28)11-5-7-14(22)13(9-11)21(23,24)25/h5-10,15H,3-4H2,1-2H3,(H,29,30). The lowest BCUT2D eigenvalue weighted by atomic mass is 10.1. The Morgan fingerprint density at radius 2 is 1.91 bits per heavy atom. The van der Waals surface area contributed by atoms with Gasteiger partial charge in [0.05, 0.1) is 22.4 Å². The molecule has 0 bridgehead atoms. The molecule has 0 radical (unpaired) electrons. The van der Waals surface area contributed by atoms with E-state index in [1.54, 1.807) is 32.0 Å². The van der Waals surface area contributed by atoms with Gasteiger partial charge >= 0.3 is 12.1 Å². The number of benzene rings is 2. The first-order valence-corrected chi connectivity index (χ1v) is 10.3. The Morgan fingerprint density at radius 1 is 1.19 bits per heavy atom. The van der Waals surface area contributed by atoms with Crippen molar-refractivity contribution in [3.05, 3.63) is 58.1 Å². The molecule has 6 nitrogen and oxygen atoms in total. The van der Waals surface area contributed by atoms with Crippen LogP contribution in [0, 0.1) is 5.82 Å². The number of carboxylic acids is 1. The molecule has 2 aromatic carbocycles. The molecule has 0 saturated heterocycles. The summed E-state index contributed by atoms with van der Waals surface area (Å²) < 4.78 is 59.9. The number of carbonyl (C=O) groups is 2. The van der Waals surface area contributed by atoms with E-state index in [1.165, 1.54) is 4.57 Å². The fourth-order valence-corrected chi connectivity index (χ4v) is 4.25. The molecule has 170 valence electrons. The molecular formula is C21H18F4N2O4S. The van der Waals surface area contributed by atoms with Gasteiger partial charge in [0.25, 0.3) is 5.91 Å². The van der Waals surface area contributed by atoms with Gasteiger partial charge < -0.3 is 14.4 Å². The van der Waals surface area contributed by atoms with E-state index in [-0.39, 0.29) is 11.2 Å². The van der Waals surface area contributed by atoms with Crippen molar-refractivity contribution < 1.29 is 37.0 Å². The minimum atomic E-state index is -4.98. The molecule has 0 spiro atoms. The fraction of sp³-hybridized carbons (Fsp3) is 0.286. The van der Waals surface area contributed by atoms with E-state index < -0.39 is 41.0 Å². The Kier molecular flexibility index (Phi) is 6.68. The largest absolute Gasteiger partial charge is 0.494 e. The van der Waals surface area contributed by atoms with Crippen LogP contribution in [-0.2, 0) is 11.0 Å². The zero-order chi connectivity index (χ0) is 23.6. The van der Waals surface area contributed by atoms with Crippen LogP contribution in [0.2, 0.25) is 0 Å². The van der Waals surface area contributed by atoms with Gasteiger partial charge in [-0.2, -0.15) is 18.2 Å². The third-order valence-electron chi connectivity index (χ3n) is 4.61. The van der Waals surface area contributed by atoms with Crippen LogP contribution in [0.4, 0.5) is 17.6 Å². The zero-order valence-corrected chi connectivity index (χ0v) is 17.8. The average Bonchev–Trinajstić information content (AvgIpc) is 3.05. The number of halogens is 4. The highest BCUT2D eigenvalue weighted by atomic mass is 32.1. The third-order valence-corrected chi connectivity index (χ3v) is 5.63. The summed E-state index contributed by atoms with van der Waals surface area (Å²) in [6.07, 6.45) is -4.81. The minimum Gasteiger partial charge on any atom is -0.494 e. The third kappa shape index (κ3) is 4.67. The lowest BCUT2D eigenvalue weighted by molar-refractivity contribution is -0.141. The fourth-order valence-electron chi connectivity index (χ4n) is 3.15. The molecule has 1 amide bonds. The second-order valence-electron chi connectivity index (χ2n) is 6.69. The first-order valence-electron chi connectivity index (χ1n) is 9.53. The number of aliphatic carboxylic acids is 1. The van der Waals surface area contributed by atoms with Crippen LogP contribution in [0.5, 0.6) is 5.75 Å². The minimum absolute atomic E-state index is 0.00854. The van der Waals surface area contributed by atoms with Gasteiger partial charge in [0.15, 0.2) is 4.80 Å². The smallest absolute Gasteiger partial charge is 0.419 e. The maximum absolute atomic E-state index is 13.6. The first kappa shape index (κ1) is 23.5. The van der Waals surface area contributed by atoms with Gasteiger partial charge in [-0.15, -0.1) is 0 Å². The Labute approximate surface area is 183 Å². The number of aromatic nitrogens is 1. The molecule has 0 saturated carbocycles. The predicted molar refractivity (Wildman–Crippen MR) is 109 cm³/mol. The number of alkyl halides is 3. The number of fused-ring (bicyclic) bond motifs is 1. The lowest BCUT2D eigenvalue weighted by Gasteiger charge is -2.13. The van der Waals surface area contributed by atoms with Crippen LogP contribution in [0.1, 0.15) is 42.2 Å². The van der Waals surface area contributed by atoms with Gasteiger partial charge in [0.1, 0.15) is 17.6 Å². The second kappa shape index (κ2) is 9.11. The molecule has 32 heavy (non-hydrogen) atoms. The maximum Gasteiger partial charge on any atom is 0.419 e. The van der Waals surface area contributed by atoms with Crippen LogP contribution in [0.3, 0.4) is 0 Å². The molecule has 1 heterocycles. The van der Waals surface area contributed by atoms with E-state index >= 15 is 0 Å². The monoisotopic (exact) mass is 470 g/mol. The first-order chi connectivity index (χ1) is 15.1. The van der Waals surface area contributed by atoms with Crippen molar-refractivity contribution in [3.63, 3.8) is 0 Å². The highest BCUT2D eigenvalue weighted by molar-refractivity contribution is 7.16. The number of rotatable bonds is 6.